The van der Waals surface area contributed by atoms with Crippen LogP contribution in [0.4, 0.5) is 0 Å². The summed E-state index contributed by atoms with van der Waals surface area (Å²) in [5.41, 5.74) is 3.86. The van der Waals surface area contributed by atoms with Crippen LogP contribution in [0.3, 0.4) is 0 Å². The van der Waals surface area contributed by atoms with E-state index in [9.17, 15) is 14.4 Å². The molecule has 0 fully saturated rings. The molecule has 6 nitrogen and oxygen atoms in total. The largest absolute Gasteiger partial charge is 0.372 e. The molecule has 3 aromatic rings. The summed E-state index contributed by atoms with van der Waals surface area (Å²) in [5, 5.41) is 2.88. The molecule has 1 N–H and O–H groups in total. The van der Waals surface area contributed by atoms with Crippen molar-refractivity contribution >= 4 is 17.7 Å². The minimum Gasteiger partial charge on any atom is -0.372 e. The standard InChI is InChI=1S/C26H24N2O4/c29-24(14-15-28-25(30)22-12-6-7-13-23(22)26(28)31)27-16-20-10-4-5-11-21(20)18-32-17-19-8-2-1-3-9-19/h1-13H,14-18H2,(H,27,29). The average molecular weight is 428 g/mol. The van der Waals surface area contributed by atoms with Gasteiger partial charge in [0.25, 0.3) is 11.8 Å². The highest BCUT2D eigenvalue weighted by atomic mass is 16.5. The van der Waals surface area contributed by atoms with Crippen molar-refractivity contribution in [1.29, 1.82) is 0 Å². The van der Waals surface area contributed by atoms with Crippen LogP contribution in [0.1, 0.15) is 43.8 Å². The molecule has 4 rings (SSSR count). The van der Waals surface area contributed by atoms with Crippen molar-refractivity contribution in [3.8, 4) is 0 Å². The molecule has 6 heteroatoms. The van der Waals surface area contributed by atoms with E-state index in [1.807, 2.05) is 54.6 Å². The second-order valence-electron chi connectivity index (χ2n) is 7.58. The predicted molar refractivity (Wildman–Crippen MR) is 120 cm³/mol. The third-order valence-electron chi connectivity index (χ3n) is 5.40. The van der Waals surface area contributed by atoms with Gasteiger partial charge in [-0.05, 0) is 28.8 Å². The van der Waals surface area contributed by atoms with Gasteiger partial charge >= 0.3 is 0 Å². The Morgan fingerprint density at radius 3 is 2.03 bits per heavy atom. The maximum absolute atomic E-state index is 12.4. The lowest BCUT2D eigenvalue weighted by molar-refractivity contribution is -0.121. The van der Waals surface area contributed by atoms with Gasteiger partial charge in [0.1, 0.15) is 0 Å². The van der Waals surface area contributed by atoms with Crippen molar-refractivity contribution in [2.75, 3.05) is 6.54 Å². The van der Waals surface area contributed by atoms with Gasteiger partial charge in [0, 0.05) is 19.5 Å². The number of fused-ring (bicyclic) bond motifs is 1. The van der Waals surface area contributed by atoms with Gasteiger partial charge in [-0.25, -0.2) is 0 Å². The number of nitrogens with one attached hydrogen (secondary N) is 1. The van der Waals surface area contributed by atoms with Crippen LogP contribution >= 0.6 is 0 Å². The number of carbonyl (C=O) groups excluding carboxylic acids is 3. The van der Waals surface area contributed by atoms with Gasteiger partial charge in [0.2, 0.25) is 5.91 Å². The lowest BCUT2D eigenvalue weighted by Crippen LogP contribution is -2.34. The van der Waals surface area contributed by atoms with Gasteiger partial charge < -0.3 is 10.1 Å². The van der Waals surface area contributed by atoms with Gasteiger partial charge in [-0.15, -0.1) is 0 Å². The third kappa shape index (κ3) is 4.92. The Bertz CT molecular complexity index is 1090. The summed E-state index contributed by atoms with van der Waals surface area (Å²) in [6.45, 7) is 1.36. The molecule has 0 radical (unpaired) electrons. The van der Waals surface area contributed by atoms with E-state index in [2.05, 4.69) is 5.32 Å². The van der Waals surface area contributed by atoms with E-state index < -0.39 is 0 Å². The monoisotopic (exact) mass is 428 g/mol. The Labute approximate surface area is 186 Å². The number of imide groups is 1. The maximum atomic E-state index is 12.4. The van der Waals surface area contributed by atoms with Crippen LogP contribution < -0.4 is 5.32 Å². The number of rotatable bonds is 9. The normalized spacial score (nSPS) is 12.7. The SMILES string of the molecule is O=C(CCN1C(=O)c2ccccc2C1=O)NCc1ccccc1COCc1ccccc1. The zero-order valence-corrected chi connectivity index (χ0v) is 17.6. The second kappa shape index (κ2) is 10.0. The Balaban J connectivity index is 1.26. The van der Waals surface area contributed by atoms with E-state index in [0.29, 0.717) is 30.9 Å². The number of hydrogen-bond acceptors (Lipinski definition) is 4. The zero-order chi connectivity index (χ0) is 22.3. The fourth-order valence-corrected chi connectivity index (χ4v) is 3.66. The van der Waals surface area contributed by atoms with Crippen molar-refractivity contribution in [2.24, 2.45) is 0 Å². The number of ether oxygens (including phenoxy) is 1. The minimum atomic E-state index is -0.348. The lowest BCUT2D eigenvalue weighted by atomic mass is 10.1. The zero-order valence-electron chi connectivity index (χ0n) is 17.6. The van der Waals surface area contributed by atoms with Gasteiger partial charge in [-0.3, -0.25) is 19.3 Å². The molecular weight excluding hydrogens is 404 g/mol. The first-order valence-electron chi connectivity index (χ1n) is 10.5. The Morgan fingerprint density at radius 2 is 1.34 bits per heavy atom. The van der Waals surface area contributed by atoms with E-state index in [4.69, 9.17) is 4.74 Å². The molecule has 0 aromatic heterocycles. The Hall–Kier alpha value is -3.77. The number of benzene rings is 3. The van der Waals surface area contributed by atoms with E-state index >= 15 is 0 Å². The fourth-order valence-electron chi connectivity index (χ4n) is 3.66. The molecule has 0 unspecified atom stereocenters. The van der Waals surface area contributed by atoms with E-state index in [0.717, 1.165) is 21.6 Å². The lowest BCUT2D eigenvalue weighted by Gasteiger charge is -2.14. The predicted octanol–water partition coefficient (Wildman–Crippen LogP) is 3.71. The van der Waals surface area contributed by atoms with Crippen LogP contribution in [0.5, 0.6) is 0 Å². The number of amides is 3. The topological polar surface area (TPSA) is 75.7 Å². The molecule has 0 aliphatic carbocycles. The summed E-state index contributed by atoms with van der Waals surface area (Å²) in [4.78, 5) is 38.3. The Morgan fingerprint density at radius 1 is 0.750 bits per heavy atom. The number of carbonyl (C=O) groups is 3. The summed E-state index contributed by atoms with van der Waals surface area (Å²) >= 11 is 0. The molecule has 0 atom stereocenters. The first kappa shape index (κ1) is 21.5. The molecule has 0 saturated heterocycles. The van der Waals surface area contributed by atoms with E-state index in [-0.39, 0.29) is 30.7 Å². The first-order valence-corrected chi connectivity index (χ1v) is 10.5. The Kier molecular flexibility index (Phi) is 6.72. The van der Waals surface area contributed by atoms with Gasteiger partial charge in [-0.2, -0.15) is 0 Å². The summed E-state index contributed by atoms with van der Waals surface area (Å²) in [6, 6.07) is 24.4. The number of hydrogen-bond donors (Lipinski definition) is 1. The highest BCUT2D eigenvalue weighted by Crippen LogP contribution is 2.22. The fraction of sp³-hybridized carbons (Fsp3) is 0.192. The van der Waals surface area contributed by atoms with Crippen molar-refractivity contribution in [1.82, 2.24) is 10.2 Å². The van der Waals surface area contributed by atoms with Gasteiger partial charge in [-0.1, -0.05) is 66.7 Å². The van der Waals surface area contributed by atoms with E-state index in [1.165, 1.54) is 0 Å². The molecule has 3 amide bonds. The molecule has 0 bridgehead atoms. The van der Waals surface area contributed by atoms with Crippen LogP contribution in [0.15, 0.2) is 78.9 Å². The van der Waals surface area contributed by atoms with Gasteiger partial charge in [0.15, 0.2) is 0 Å². The average Bonchev–Trinajstić information content (AvgIpc) is 3.07. The van der Waals surface area contributed by atoms with Crippen LogP contribution in [0.25, 0.3) is 0 Å². The second-order valence-corrected chi connectivity index (χ2v) is 7.58. The summed E-state index contributed by atoms with van der Waals surface area (Å²) in [7, 11) is 0. The van der Waals surface area contributed by atoms with Crippen molar-refractivity contribution in [3.63, 3.8) is 0 Å². The van der Waals surface area contributed by atoms with Gasteiger partial charge in [0.05, 0.1) is 24.3 Å². The third-order valence-corrected chi connectivity index (χ3v) is 5.40. The molecule has 1 aliphatic rings. The molecule has 1 aliphatic heterocycles. The molecule has 3 aromatic carbocycles. The molecule has 0 saturated carbocycles. The van der Waals surface area contributed by atoms with Crippen LogP contribution in [-0.2, 0) is 29.3 Å². The smallest absolute Gasteiger partial charge is 0.261 e. The van der Waals surface area contributed by atoms with Crippen LogP contribution in [0.2, 0.25) is 0 Å². The first-order chi connectivity index (χ1) is 15.6. The molecule has 1 heterocycles. The molecule has 162 valence electrons. The number of nitrogens with zero attached hydrogens (tertiary/aromatic N) is 1. The minimum absolute atomic E-state index is 0.0537. The van der Waals surface area contributed by atoms with Crippen LogP contribution in [0, 0.1) is 0 Å². The van der Waals surface area contributed by atoms with Crippen molar-refractivity contribution in [3.05, 3.63) is 107 Å². The summed E-state index contributed by atoms with van der Waals surface area (Å²) in [5.74, 6) is -0.916. The molecular formula is C26H24N2O4. The van der Waals surface area contributed by atoms with Crippen LogP contribution in [-0.4, -0.2) is 29.2 Å². The van der Waals surface area contributed by atoms with Crippen molar-refractivity contribution < 1.29 is 19.1 Å². The highest BCUT2D eigenvalue weighted by Gasteiger charge is 2.34. The quantitative estimate of drug-likeness (QED) is 0.527. The molecule has 32 heavy (non-hydrogen) atoms. The summed E-state index contributed by atoms with van der Waals surface area (Å²) in [6.07, 6.45) is 0.0537. The molecule has 0 spiro atoms. The van der Waals surface area contributed by atoms with Crippen molar-refractivity contribution in [2.45, 2.75) is 26.2 Å². The van der Waals surface area contributed by atoms with E-state index in [1.54, 1.807) is 24.3 Å². The highest BCUT2D eigenvalue weighted by molar-refractivity contribution is 6.21. The summed E-state index contributed by atoms with van der Waals surface area (Å²) < 4.78 is 5.83. The maximum Gasteiger partial charge on any atom is 0.261 e.